The number of hydrogen-bond donors (Lipinski definition) is 1. The third-order valence-electron chi connectivity index (χ3n) is 6.11. The lowest BCUT2D eigenvalue weighted by atomic mass is 9.98. The molecule has 1 N–H and O–H groups in total. The second-order valence-electron chi connectivity index (χ2n) is 8.81. The molecule has 0 aliphatic carbocycles. The normalized spacial score (nSPS) is 11.0. The average Bonchev–Trinajstić information content (AvgIpc) is 3.61. The van der Waals surface area contributed by atoms with Crippen LogP contribution in [0.1, 0.15) is 29.0 Å². The Bertz CT molecular complexity index is 1490. The van der Waals surface area contributed by atoms with E-state index in [1.807, 2.05) is 35.1 Å². The molecule has 1 amide bonds. The van der Waals surface area contributed by atoms with Gasteiger partial charge in [0.1, 0.15) is 5.82 Å². The number of halogens is 1. The number of amides is 1. The third kappa shape index (κ3) is 5.98. The van der Waals surface area contributed by atoms with E-state index in [4.69, 9.17) is 4.52 Å². The Morgan fingerprint density at radius 1 is 1.03 bits per heavy atom. The summed E-state index contributed by atoms with van der Waals surface area (Å²) in [7, 11) is 0. The maximum absolute atomic E-state index is 13.5. The molecule has 5 rings (SSSR count). The molecule has 0 unspecified atom stereocenters. The average molecular weight is 496 g/mol. The first-order valence-corrected chi connectivity index (χ1v) is 12.1. The summed E-state index contributed by atoms with van der Waals surface area (Å²) >= 11 is 0. The Morgan fingerprint density at radius 2 is 1.84 bits per heavy atom. The molecule has 186 valence electrons. The highest BCUT2D eigenvalue weighted by molar-refractivity contribution is 5.76. The molecule has 7 nitrogen and oxygen atoms in total. The quantitative estimate of drug-likeness (QED) is 0.298. The summed E-state index contributed by atoms with van der Waals surface area (Å²) in [6.07, 6.45) is 4.25. The van der Waals surface area contributed by atoms with Gasteiger partial charge in [-0.05, 0) is 59.0 Å². The third-order valence-corrected chi connectivity index (χ3v) is 6.11. The second kappa shape index (κ2) is 11.0. The van der Waals surface area contributed by atoms with Gasteiger partial charge in [-0.2, -0.15) is 10.1 Å². The number of carbonyl (C=O) groups is 1. The fraction of sp³-hybridized carbons (Fsp3) is 0.172. The summed E-state index contributed by atoms with van der Waals surface area (Å²) < 4.78 is 20.7. The number of rotatable bonds is 9. The number of nitrogens with zero attached hydrogens (tertiary/aromatic N) is 4. The molecule has 0 radical (unpaired) electrons. The van der Waals surface area contributed by atoms with Crippen LogP contribution in [-0.2, 0) is 24.3 Å². The van der Waals surface area contributed by atoms with E-state index in [2.05, 4.69) is 50.9 Å². The number of aromatic nitrogens is 4. The van der Waals surface area contributed by atoms with Crippen LogP contribution in [0.25, 0.3) is 22.5 Å². The van der Waals surface area contributed by atoms with Gasteiger partial charge in [0.15, 0.2) is 0 Å². The minimum absolute atomic E-state index is 0.109. The van der Waals surface area contributed by atoms with Crippen molar-refractivity contribution >= 4 is 5.91 Å². The van der Waals surface area contributed by atoms with Crippen molar-refractivity contribution in [3.8, 4) is 22.5 Å². The standard InChI is InChI=1S/C29H26FN5O2/c1-20-17-23(11-12-26(20)30)29-33-28(37-34-29)14-13-27(36)31-18-24-5-2-3-6-25(24)22-9-7-21(8-10-22)19-35-16-4-15-32-35/h2-12,15-17H,13-14,18-19H2,1H3,(H,31,36). The van der Waals surface area contributed by atoms with Gasteiger partial charge in [-0.15, -0.1) is 0 Å². The lowest BCUT2D eigenvalue weighted by Gasteiger charge is -2.12. The van der Waals surface area contributed by atoms with Crippen molar-refractivity contribution in [2.75, 3.05) is 0 Å². The van der Waals surface area contributed by atoms with Crippen molar-refractivity contribution < 1.29 is 13.7 Å². The molecular formula is C29H26FN5O2. The van der Waals surface area contributed by atoms with Crippen molar-refractivity contribution in [2.45, 2.75) is 32.9 Å². The fourth-order valence-electron chi connectivity index (χ4n) is 4.09. The number of hydrogen-bond acceptors (Lipinski definition) is 5. The van der Waals surface area contributed by atoms with Crippen molar-refractivity contribution in [1.29, 1.82) is 0 Å². The van der Waals surface area contributed by atoms with Crippen LogP contribution in [0.3, 0.4) is 0 Å². The fourth-order valence-corrected chi connectivity index (χ4v) is 4.09. The first-order chi connectivity index (χ1) is 18.0. The Hall–Kier alpha value is -4.59. The van der Waals surface area contributed by atoms with E-state index in [0.717, 1.165) is 28.8 Å². The van der Waals surface area contributed by atoms with Crippen molar-refractivity contribution in [2.24, 2.45) is 0 Å². The van der Waals surface area contributed by atoms with Crippen LogP contribution in [0.15, 0.2) is 89.7 Å². The van der Waals surface area contributed by atoms with Crippen LogP contribution < -0.4 is 5.32 Å². The van der Waals surface area contributed by atoms with Crippen LogP contribution in [0.5, 0.6) is 0 Å². The highest BCUT2D eigenvalue weighted by Crippen LogP contribution is 2.24. The van der Waals surface area contributed by atoms with Gasteiger partial charge in [0.05, 0.1) is 6.54 Å². The Balaban J connectivity index is 1.17. The lowest BCUT2D eigenvalue weighted by Crippen LogP contribution is -2.23. The molecule has 0 bridgehead atoms. The van der Waals surface area contributed by atoms with E-state index in [0.29, 0.717) is 35.8 Å². The first kappa shape index (κ1) is 24.1. The van der Waals surface area contributed by atoms with Gasteiger partial charge in [-0.3, -0.25) is 9.48 Å². The predicted molar refractivity (Wildman–Crippen MR) is 138 cm³/mol. The number of nitrogens with one attached hydrogen (secondary N) is 1. The van der Waals surface area contributed by atoms with Gasteiger partial charge < -0.3 is 9.84 Å². The van der Waals surface area contributed by atoms with Gasteiger partial charge in [0.2, 0.25) is 17.6 Å². The number of aryl methyl sites for hydroxylation is 2. The zero-order chi connectivity index (χ0) is 25.6. The molecule has 8 heteroatoms. The summed E-state index contributed by atoms with van der Waals surface area (Å²) in [5.74, 6) is 0.348. The molecule has 2 heterocycles. The molecule has 0 saturated carbocycles. The monoisotopic (exact) mass is 495 g/mol. The molecular weight excluding hydrogens is 469 g/mol. The first-order valence-electron chi connectivity index (χ1n) is 12.1. The molecule has 5 aromatic rings. The second-order valence-corrected chi connectivity index (χ2v) is 8.81. The Morgan fingerprint density at radius 3 is 2.62 bits per heavy atom. The van der Waals surface area contributed by atoms with Crippen LogP contribution in [-0.4, -0.2) is 25.8 Å². The highest BCUT2D eigenvalue weighted by Gasteiger charge is 2.13. The molecule has 0 atom stereocenters. The van der Waals surface area contributed by atoms with Crippen LogP contribution in [0.2, 0.25) is 0 Å². The lowest BCUT2D eigenvalue weighted by molar-refractivity contribution is -0.121. The summed E-state index contributed by atoms with van der Waals surface area (Å²) in [4.78, 5) is 16.9. The molecule has 0 fully saturated rings. The zero-order valence-corrected chi connectivity index (χ0v) is 20.4. The molecule has 3 aromatic carbocycles. The molecule has 37 heavy (non-hydrogen) atoms. The van der Waals surface area contributed by atoms with E-state index >= 15 is 0 Å². The van der Waals surface area contributed by atoms with E-state index in [-0.39, 0.29) is 18.1 Å². The highest BCUT2D eigenvalue weighted by atomic mass is 19.1. The maximum Gasteiger partial charge on any atom is 0.227 e. The van der Waals surface area contributed by atoms with Gasteiger partial charge in [-0.25, -0.2) is 4.39 Å². The van der Waals surface area contributed by atoms with E-state index in [1.54, 1.807) is 25.3 Å². The van der Waals surface area contributed by atoms with Crippen LogP contribution in [0, 0.1) is 12.7 Å². The largest absolute Gasteiger partial charge is 0.352 e. The zero-order valence-electron chi connectivity index (χ0n) is 20.4. The SMILES string of the molecule is Cc1cc(-c2noc(CCC(=O)NCc3ccccc3-c3ccc(Cn4cccn4)cc3)n2)ccc1F. The Labute approximate surface area is 214 Å². The van der Waals surface area contributed by atoms with Gasteiger partial charge in [0.25, 0.3) is 0 Å². The van der Waals surface area contributed by atoms with Crippen LogP contribution in [0.4, 0.5) is 4.39 Å². The molecule has 0 aliphatic rings. The van der Waals surface area contributed by atoms with E-state index < -0.39 is 0 Å². The van der Waals surface area contributed by atoms with Gasteiger partial charge in [-0.1, -0.05) is 53.7 Å². The van der Waals surface area contributed by atoms with Crippen LogP contribution >= 0.6 is 0 Å². The van der Waals surface area contributed by atoms with Crippen molar-refractivity contribution in [1.82, 2.24) is 25.2 Å². The molecule has 0 aliphatic heterocycles. The van der Waals surface area contributed by atoms with E-state index in [9.17, 15) is 9.18 Å². The molecule has 0 spiro atoms. The number of carbonyl (C=O) groups excluding carboxylic acids is 1. The maximum atomic E-state index is 13.5. The molecule has 0 saturated heterocycles. The number of benzene rings is 3. The van der Waals surface area contributed by atoms with Gasteiger partial charge >= 0.3 is 0 Å². The smallest absolute Gasteiger partial charge is 0.227 e. The molecule has 2 aromatic heterocycles. The predicted octanol–water partition coefficient (Wildman–Crippen LogP) is 5.34. The minimum atomic E-state index is -0.284. The van der Waals surface area contributed by atoms with E-state index in [1.165, 1.54) is 6.07 Å². The van der Waals surface area contributed by atoms with Gasteiger partial charge in [0, 0.05) is 37.3 Å². The van der Waals surface area contributed by atoms with Crippen molar-refractivity contribution in [3.05, 3.63) is 114 Å². The topological polar surface area (TPSA) is 85.8 Å². The van der Waals surface area contributed by atoms with Crippen molar-refractivity contribution in [3.63, 3.8) is 0 Å². The summed E-state index contributed by atoms with van der Waals surface area (Å²) in [5.41, 5.74) is 5.53. The summed E-state index contributed by atoms with van der Waals surface area (Å²) in [5, 5.41) is 11.2. The summed E-state index contributed by atoms with van der Waals surface area (Å²) in [6.45, 7) is 2.81. The Kier molecular flexibility index (Phi) is 7.16. The summed E-state index contributed by atoms with van der Waals surface area (Å²) in [6, 6.07) is 23.0. The minimum Gasteiger partial charge on any atom is -0.352 e.